The van der Waals surface area contributed by atoms with E-state index >= 15 is 0 Å². The molecule has 1 heterocycles. The van der Waals surface area contributed by atoms with Gasteiger partial charge in [0.2, 0.25) is 0 Å². The van der Waals surface area contributed by atoms with Gasteiger partial charge in [0.1, 0.15) is 8.07 Å². The topological polar surface area (TPSA) is 27.1 Å². The third-order valence-electron chi connectivity index (χ3n) is 5.75. The highest BCUT2D eigenvalue weighted by molar-refractivity contribution is 6.91. The fraction of sp³-hybridized carbons (Fsp3) is 0.824. The molecule has 0 aromatic carbocycles. The van der Waals surface area contributed by atoms with Gasteiger partial charge in [0, 0.05) is 11.5 Å². The summed E-state index contributed by atoms with van der Waals surface area (Å²) < 4.78 is 8.31. The molecule has 0 N–H and O–H groups in total. The van der Waals surface area contributed by atoms with Crippen molar-refractivity contribution < 1.29 is 4.43 Å². The average molecular weight is 341 g/mol. The molecule has 0 bridgehead atoms. The lowest BCUT2D eigenvalue weighted by atomic mass is 10.2. The molecule has 0 aliphatic carbocycles. The fourth-order valence-corrected chi connectivity index (χ4v) is 4.49. The summed E-state index contributed by atoms with van der Waals surface area (Å²) in [5.41, 5.74) is 0. The zero-order valence-corrected chi connectivity index (χ0v) is 18.4. The maximum absolute atomic E-state index is 6.25. The van der Waals surface area contributed by atoms with Gasteiger partial charge < -0.3 is 4.43 Å². The lowest BCUT2D eigenvalue weighted by Crippen LogP contribution is -2.50. The Morgan fingerprint density at radius 3 is 2.00 bits per heavy atom. The van der Waals surface area contributed by atoms with E-state index < -0.39 is 16.4 Å². The molecular weight excluding hydrogens is 304 g/mol. The number of aromatic nitrogens is 2. The maximum atomic E-state index is 6.25. The summed E-state index contributed by atoms with van der Waals surface area (Å²) in [6, 6.07) is 2.21. The Morgan fingerprint density at radius 1 is 1.00 bits per heavy atom. The van der Waals surface area contributed by atoms with Gasteiger partial charge in [-0.1, -0.05) is 54.6 Å². The van der Waals surface area contributed by atoms with Gasteiger partial charge >= 0.3 is 0 Å². The SMILES string of the molecule is CC(C)(C)[Si](C)(C)OCCn1ccc([Si](C)(C)C(C)(C)C)n1. The maximum Gasteiger partial charge on any atom is 0.192 e. The van der Waals surface area contributed by atoms with E-state index in [1.807, 2.05) is 0 Å². The van der Waals surface area contributed by atoms with Gasteiger partial charge in [-0.15, -0.1) is 0 Å². The largest absolute Gasteiger partial charge is 0.415 e. The third-order valence-corrected chi connectivity index (χ3v) is 15.6. The average Bonchev–Trinajstić information content (AvgIpc) is 2.74. The first-order chi connectivity index (χ1) is 9.68. The minimum atomic E-state index is -1.65. The van der Waals surface area contributed by atoms with Crippen molar-refractivity contribution in [3.8, 4) is 0 Å². The molecule has 5 heteroatoms. The molecule has 0 saturated carbocycles. The normalized spacial score (nSPS) is 14.5. The van der Waals surface area contributed by atoms with Crippen molar-refractivity contribution in [3.63, 3.8) is 0 Å². The van der Waals surface area contributed by atoms with Gasteiger partial charge in [-0.25, -0.2) is 0 Å². The summed E-state index contributed by atoms with van der Waals surface area (Å²) in [6.45, 7) is 24.9. The summed E-state index contributed by atoms with van der Waals surface area (Å²) in [5.74, 6) is 0. The molecule has 0 amide bonds. The van der Waals surface area contributed by atoms with Crippen LogP contribution in [0.15, 0.2) is 12.3 Å². The highest BCUT2D eigenvalue weighted by atomic mass is 28.4. The van der Waals surface area contributed by atoms with E-state index in [9.17, 15) is 0 Å². The molecule has 128 valence electrons. The summed E-state index contributed by atoms with van der Waals surface area (Å²) in [5, 5.41) is 6.73. The first kappa shape index (κ1) is 19.7. The molecule has 22 heavy (non-hydrogen) atoms. The number of rotatable bonds is 5. The lowest BCUT2D eigenvalue weighted by molar-refractivity contribution is 0.266. The summed E-state index contributed by atoms with van der Waals surface area (Å²) >= 11 is 0. The van der Waals surface area contributed by atoms with Gasteiger partial charge in [0.25, 0.3) is 0 Å². The van der Waals surface area contributed by atoms with Gasteiger partial charge in [0.05, 0.1) is 13.2 Å². The molecule has 0 radical (unpaired) electrons. The van der Waals surface area contributed by atoms with Crippen molar-refractivity contribution in [2.45, 2.75) is 84.4 Å². The van der Waals surface area contributed by atoms with E-state index in [2.05, 4.69) is 84.7 Å². The van der Waals surface area contributed by atoms with Crippen molar-refractivity contribution in [2.24, 2.45) is 0 Å². The molecule has 1 aromatic heterocycles. The third kappa shape index (κ3) is 4.33. The van der Waals surface area contributed by atoms with Crippen LogP contribution in [-0.2, 0) is 11.0 Å². The van der Waals surface area contributed by atoms with Crippen LogP contribution in [0.5, 0.6) is 0 Å². The molecule has 0 unspecified atom stereocenters. The van der Waals surface area contributed by atoms with E-state index in [1.54, 1.807) is 0 Å². The van der Waals surface area contributed by atoms with Crippen LogP contribution in [0, 0.1) is 0 Å². The molecular formula is C17H36N2OSi2. The Morgan fingerprint density at radius 2 is 1.55 bits per heavy atom. The molecule has 0 saturated heterocycles. The predicted octanol–water partition coefficient (Wildman–Crippen LogP) is 4.62. The van der Waals surface area contributed by atoms with Gasteiger partial charge in [-0.05, 0) is 29.2 Å². The van der Waals surface area contributed by atoms with E-state index in [4.69, 9.17) is 9.52 Å². The van der Waals surface area contributed by atoms with Crippen LogP contribution in [0.4, 0.5) is 0 Å². The summed E-state index contributed by atoms with van der Waals surface area (Å²) in [6.07, 6.45) is 2.12. The Bertz CT molecular complexity index is 493. The minimum Gasteiger partial charge on any atom is -0.415 e. The van der Waals surface area contributed by atoms with Gasteiger partial charge in [-0.2, -0.15) is 5.10 Å². The van der Waals surface area contributed by atoms with E-state index in [-0.39, 0.29) is 5.04 Å². The Hall–Kier alpha value is -0.396. The number of nitrogens with zero attached hydrogens (tertiary/aromatic N) is 2. The highest BCUT2D eigenvalue weighted by Crippen LogP contribution is 2.36. The van der Waals surface area contributed by atoms with Crippen LogP contribution in [-0.4, -0.2) is 32.8 Å². The molecule has 0 fully saturated rings. The standard InChI is InChI=1S/C17H36N2OSi2/c1-16(2,3)21(7,8)15-11-12-19(18-15)13-14-20-22(9,10)17(4,5)6/h11-12H,13-14H2,1-10H3. The Balaban J connectivity index is 2.68. The molecule has 3 nitrogen and oxygen atoms in total. The van der Waals surface area contributed by atoms with Crippen LogP contribution >= 0.6 is 0 Å². The Labute approximate surface area is 139 Å². The van der Waals surface area contributed by atoms with E-state index in [0.717, 1.165) is 13.2 Å². The van der Waals surface area contributed by atoms with Crippen molar-refractivity contribution in [3.05, 3.63) is 12.3 Å². The zero-order chi connectivity index (χ0) is 17.4. The highest BCUT2D eigenvalue weighted by Gasteiger charge is 2.39. The molecule has 0 spiro atoms. The fourth-order valence-electron chi connectivity index (χ4n) is 1.81. The quantitative estimate of drug-likeness (QED) is 0.731. The minimum absolute atomic E-state index is 0.267. The lowest BCUT2D eigenvalue weighted by Gasteiger charge is -2.36. The molecule has 1 rings (SSSR count). The van der Waals surface area contributed by atoms with E-state index in [1.165, 1.54) is 5.32 Å². The molecule has 0 aliphatic rings. The first-order valence-electron chi connectivity index (χ1n) is 8.36. The van der Waals surface area contributed by atoms with Crippen molar-refractivity contribution in [2.75, 3.05) is 6.61 Å². The van der Waals surface area contributed by atoms with Crippen LogP contribution < -0.4 is 5.32 Å². The number of hydrogen-bond acceptors (Lipinski definition) is 2. The number of hydrogen-bond donors (Lipinski definition) is 0. The molecule has 0 aliphatic heterocycles. The van der Waals surface area contributed by atoms with Crippen molar-refractivity contribution in [1.82, 2.24) is 9.78 Å². The second-order valence-corrected chi connectivity index (χ2v) is 19.5. The van der Waals surface area contributed by atoms with Crippen LogP contribution in [0.25, 0.3) is 0 Å². The van der Waals surface area contributed by atoms with Crippen LogP contribution in [0.3, 0.4) is 0 Å². The second kappa shape index (κ2) is 6.25. The van der Waals surface area contributed by atoms with Crippen LogP contribution in [0.1, 0.15) is 41.5 Å². The van der Waals surface area contributed by atoms with Gasteiger partial charge in [-0.3, -0.25) is 4.68 Å². The van der Waals surface area contributed by atoms with Crippen molar-refractivity contribution >= 4 is 21.7 Å². The summed E-state index contributed by atoms with van der Waals surface area (Å²) in [4.78, 5) is 0. The first-order valence-corrected chi connectivity index (χ1v) is 14.3. The molecule has 1 aromatic rings. The Kier molecular flexibility index (Phi) is 5.58. The van der Waals surface area contributed by atoms with Crippen molar-refractivity contribution in [1.29, 1.82) is 0 Å². The van der Waals surface area contributed by atoms with Gasteiger partial charge in [0.15, 0.2) is 8.32 Å². The molecule has 0 atom stereocenters. The van der Waals surface area contributed by atoms with E-state index in [0.29, 0.717) is 5.04 Å². The predicted molar refractivity (Wildman–Crippen MR) is 102 cm³/mol. The zero-order valence-electron chi connectivity index (χ0n) is 16.4. The monoisotopic (exact) mass is 340 g/mol. The van der Waals surface area contributed by atoms with Crippen LogP contribution in [0.2, 0.25) is 36.3 Å². The smallest absolute Gasteiger partial charge is 0.192 e. The second-order valence-electron chi connectivity index (χ2n) is 9.45. The summed E-state index contributed by atoms with van der Waals surface area (Å²) in [7, 11) is -3.18.